The van der Waals surface area contributed by atoms with Crippen LogP contribution in [0.25, 0.3) is 0 Å². The van der Waals surface area contributed by atoms with E-state index in [9.17, 15) is 4.79 Å². The van der Waals surface area contributed by atoms with E-state index in [2.05, 4.69) is 0 Å². The highest BCUT2D eigenvalue weighted by Crippen LogP contribution is 2.36. The first-order chi connectivity index (χ1) is 7.33. The van der Waals surface area contributed by atoms with Gasteiger partial charge in [-0.25, -0.2) is 0 Å². The third-order valence-electron chi connectivity index (χ3n) is 2.90. The molecule has 0 spiro atoms. The molecular weight excluding hydrogens is 188 g/mol. The molecular formula is C13H16O2. The zero-order chi connectivity index (χ0) is 10.7. The molecule has 1 aromatic rings. The molecule has 2 rings (SSSR count). The molecule has 1 aromatic carbocycles. The molecule has 0 amide bonds. The van der Waals surface area contributed by atoms with Gasteiger partial charge in [-0.15, -0.1) is 0 Å². The predicted octanol–water partition coefficient (Wildman–Crippen LogP) is 2.92. The average Bonchev–Trinajstić information content (AvgIpc) is 2.66. The van der Waals surface area contributed by atoms with Crippen molar-refractivity contribution in [1.82, 2.24) is 0 Å². The summed E-state index contributed by atoms with van der Waals surface area (Å²) in [5.74, 6) is 1.31. The van der Waals surface area contributed by atoms with Gasteiger partial charge in [-0.1, -0.05) is 18.2 Å². The van der Waals surface area contributed by atoms with Crippen LogP contribution in [0.5, 0.6) is 5.75 Å². The summed E-state index contributed by atoms with van der Waals surface area (Å²) >= 11 is 0. The summed E-state index contributed by atoms with van der Waals surface area (Å²) < 4.78 is 5.55. The number of ketones is 1. The summed E-state index contributed by atoms with van der Waals surface area (Å²) in [5.41, 5.74) is 1.07. The van der Waals surface area contributed by atoms with E-state index in [1.165, 1.54) is 0 Å². The number of rotatable bonds is 3. The Morgan fingerprint density at radius 1 is 1.40 bits per heavy atom. The summed E-state index contributed by atoms with van der Waals surface area (Å²) in [6, 6.07) is 7.89. The number of hydrogen-bond donors (Lipinski definition) is 0. The minimum absolute atomic E-state index is 0.0766. The SMILES string of the molecule is CCOc1ccccc1C1CCCC1=O. The minimum atomic E-state index is 0.0766. The number of Topliss-reactive ketones (excluding diaryl/α,β-unsaturated/α-hetero) is 1. The first-order valence-corrected chi connectivity index (χ1v) is 5.57. The Bertz CT molecular complexity index is 357. The minimum Gasteiger partial charge on any atom is -0.494 e. The molecule has 0 saturated heterocycles. The summed E-state index contributed by atoms with van der Waals surface area (Å²) in [6.07, 6.45) is 2.72. The standard InChI is InChI=1S/C13H16O2/c1-2-15-13-9-4-3-6-11(13)10-7-5-8-12(10)14/h3-4,6,9-10H,2,5,7-8H2,1H3. The largest absolute Gasteiger partial charge is 0.494 e. The van der Waals surface area contributed by atoms with Gasteiger partial charge in [0.05, 0.1) is 6.61 Å². The van der Waals surface area contributed by atoms with Crippen LogP contribution >= 0.6 is 0 Å². The molecule has 0 N–H and O–H groups in total. The Kier molecular flexibility index (Phi) is 3.05. The van der Waals surface area contributed by atoms with E-state index in [-0.39, 0.29) is 5.92 Å². The van der Waals surface area contributed by atoms with Crippen LogP contribution in [-0.2, 0) is 4.79 Å². The van der Waals surface area contributed by atoms with Crippen molar-refractivity contribution >= 4 is 5.78 Å². The molecule has 0 aromatic heterocycles. The number of ether oxygens (including phenoxy) is 1. The topological polar surface area (TPSA) is 26.3 Å². The van der Waals surface area contributed by atoms with Gasteiger partial charge in [0, 0.05) is 17.9 Å². The van der Waals surface area contributed by atoms with Gasteiger partial charge in [0.2, 0.25) is 0 Å². The number of carbonyl (C=O) groups is 1. The highest BCUT2D eigenvalue weighted by atomic mass is 16.5. The maximum Gasteiger partial charge on any atom is 0.140 e. The lowest BCUT2D eigenvalue weighted by molar-refractivity contribution is -0.118. The van der Waals surface area contributed by atoms with Crippen molar-refractivity contribution in [2.75, 3.05) is 6.61 Å². The van der Waals surface area contributed by atoms with E-state index >= 15 is 0 Å². The van der Waals surface area contributed by atoms with Crippen molar-refractivity contribution in [1.29, 1.82) is 0 Å². The molecule has 2 nitrogen and oxygen atoms in total. The van der Waals surface area contributed by atoms with Crippen LogP contribution in [-0.4, -0.2) is 12.4 Å². The lowest BCUT2D eigenvalue weighted by atomic mass is 9.96. The van der Waals surface area contributed by atoms with Crippen molar-refractivity contribution in [3.05, 3.63) is 29.8 Å². The van der Waals surface area contributed by atoms with Gasteiger partial charge in [0.15, 0.2) is 0 Å². The van der Waals surface area contributed by atoms with Crippen molar-refractivity contribution < 1.29 is 9.53 Å². The normalized spacial score (nSPS) is 20.6. The first-order valence-electron chi connectivity index (χ1n) is 5.57. The second-order valence-corrected chi connectivity index (χ2v) is 3.88. The smallest absolute Gasteiger partial charge is 0.140 e. The second-order valence-electron chi connectivity index (χ2n) is 3.88. The fourth-order valence-electron chi connectivity index (χ4n) is 2.20. The number of carbonyl (C=O) groups excluding carboxylic acids is 1. The van der Waals surface area contributed by atoms with E-state index in [0.29, 0.717) is 12.4 Å². The van der Waals surface area contributed by atoms with Crippen LogP contribution < -0.4 is 4.74 Å². The maximum atomic E-state index is 11.7. The Morgan fingerprint density at radius 2 is 2.20 bits per heavy atom. The Morgan fingerprint density at radius 3 is 2.87 bits per heavy atom. The zero-order valence-corrected chi connectivity index (χ0v) is 9.03. The van der Waals surface area contributed by atoms with Gasteiger partial charge in [-0.05, 0) is 25.8 Å². The second kappa shape index (κ2) is 4.47. The summed E-state index contributed by atoms with van der Waals surface area (Å²) in [5, 5.41) is 0. The number of hydrogen-bond acceptors (Lipinski definition) is 2. The van der Waals surface area contributed by atoms with Crippen LogP contribution in [0.1, 0.15) is 37.7 Å². The summed E-state index contributed by atoms with van der Waals surface area (Å²) in [7, 11) is 0. The molecule has 1 fully saturated rings. The molecule has 1 aliphatic carbocycles. The monoisotopic (exact) mass is 204 g/mol. The van der Waals surface area contributed by atoms with E-state index in [1.54, 1.807) is 0 Å². The van der Waals surface area contributed by atoms with Gasteiger partial charge in [0.25, 0.3) is 0 Å². The average molecular weight is 204 g/mol. The summed E-state index contributed by atoms with van der Waals surface area (Å²) in [4.78, 5) is 11.7. The fraction of sp³-hybridized carbons (Fsp3) is 0.462. The Balaban J connectivity index is 2.29. The molecule has 15 heavy (non-hydrogen) atoms. The molecule has 2 heteroatoms. The molecule has 0 radical (unpaired) electrons. The van der Waals surface area contributed by atoms with Crippen molar-refractivity contribution in [2.24, 2.45) is 0 Å². The van der Waals surface area contributed by atoms with E-state index in [1.807, 2.05) is 31.2 Å². The van der Waals surface area contributed by atoms with Crippen molar-refractivity contribution in [2.45, 2.75) is 32.1 Å². The third-order valence-corrected chi connectivity index (χ3v) is 2.90. The predicted molar refractivity (Wildman–Crippen MR) is 59.2 cm³/mol. The van der Waals surface area contributed by atoms with E-state index in [0.717, 1.165) is 30.6 Å². The lowest BCUT2D eigenvalue weighted by Crippen LogP contribution is -2.06. The lowest BCUT2D eigenvalue weighted by Gasteiger charge is -2.14. The number of benzene rings is 1. The van der Waals surface area contributed by atoms with Gasteiger partial charge >= 0.3 is 0 Å². The number of para-hydroxylation sites is 1. The van der Waals surface area contributed by atoms with E-state index in [4.69, 9.17) is 4.74 Å². The quantitative estimate of drug-likeness (QED) is 0.756. The molecule has 80 valence electrons. The third kappa shape index (κ3) is 2.04. The molecule has 1 aliphatic rings. The maximum absolute atomic E-state index is 11.7. The van der Waals surface area contributed by atoms with Crippen LogP contribution in [0, 0.1) is 0 Å². The Hall–Kier alpha value is -1.31. The zero-order valence-electron chi connectivity index (χ0n) is 9.03. The Labute approximate surface area is 90.3 Å². The molecule has 0 heterocycles. The van der Waals surface area contributed by atoms with Gasteiger partial charge < -0.3 is 4.74 Å². The molecule has 0 aliphatic heterocycles. The highest BCUT2D eigenvalue weighted by molar-refractivity contribution is 5.88. The molecule has 1 atom stereocenters. The first kappa shape index (κ1) is 10.2. The van der Waals surface area contributed by atoms with Crippen molar-refractivity contribution in [3.63, 3.8) is 0 Å². The molecule has 0 bridgehead atoms. The summed E-state index contributed by atoms with van der Waals surface area (Å²) in [6.45, 7) is 2.62. The van der Waals surface area contributed by atoms with E-state index < -0.39 is 0 Å². The van der Waals surface area contributed by atoms with Gasteiger partial charge in [-0.3, -0.25) is 4.79 Å². The van der Waals surface area contributed by atoms with Gasteiger partial charge in [-0.2, -0.15) is 0 Å². The van der Waals surface area contributed by atoms with Gasteiger partial charge in [0.1, 0.15) is 11.5 Å². The van der Waals surface area contributed by atoms with Crippen LogP contribution in [0.4, 0.5) is 0 Å². The van der Waals surface area contributed by atoms with Crippen LogP contribution in [0.15, 0.2) is 24.3 Å². The van der Waals surface area contributed by atoms with Crippen LogP contribution in [0.3, 0.4) is 0 Å². The molecule has 1 saturated carbocycles. The molecule has 1 unspecified atom stereocenters. The highest BCUT2D eigenvalue weighted by Gasteiger charge is 2.27. The van der Waals surface area contributed by atoms with Crippen LogP contribution in [0.2, 0.25) is 0 Å². The fourth-order valence-corrected chi connectivity index (χ4v) is 2.20. The van der Waals surface area contributed by atoms with Crippen molar-refractivity contribution in [3.8, 4) is 5.75 Å².